The summed E-state index contributed by atoms with van der Waals surface area (Å²) in [5.41, 5.74) is -0.609. The number of esters is 1. The first-order chi connectivity index (χ1) is 21.3. The number of fused-ring (bicyclic) bond motifs is 1. The molecule has 0 bridgehead atoms. The minimum Gasteiger partial charge on any atom is -0.476 e. The molecule has 1 aromatic rings. The Morgan fingerprint density at radius 3 is 2.44 bits per heavy atom. The topological polar surface area (TPSA) is 124 Å². The van der Waals surface area contributed by atoms with Gasteiger partial charge in [-0.1, -0.05) is 0 Å². The molecule has 12 heteroatoms. The smallest absolute Gasteiger partial charge is 0.410 e. The largest absolute Gasteiger partial charge is 0.476 e. The molecule has 0 N–H and O–H groups in total. The van der Waals surface area contributed by atoms with Crippen molar-refractivity contribution in [3.63, 3.8) is 0 Å². The fraction of sp³-hybridized carbons (Fsp3) is 0.697. The number of rotatable bonds is 8. The van der Waals surface area contributed by atoms with Gasteiger partial charge >= 0.3 is 12.1 Å². The van der Waals surface area contributed by atoms with E-state index in [1.807, 2.05) is 12.1 Å². The molecule has 3 heterocycles. The molecule has 0 aromatic heterocycles. The van der Waals surface area contributed by atoms with Crippen LogP contribution in [0, 0.1) is 11.8 Å². The van der Waals surface area contributed by atoms with Gasteiger partial charge in [0.05, 0.1) is 31.2 Å². The Labute approximate surface area is 265 Å². The molecule has 3 atom stereocenters. The molecule has 3 aliphatic heterocycles. The van der Waals surface area contributed by atoms with Crippen LogP contribution in [0.15, 0.2) is 18.2 Å². The molecule has 3 amide bonds. The summed E-state index contributed by atoms with van der Waals surface area (Å²) in [7, 11) is 1.30. The third-order valence-corrected chi connectivity index (χ3v) is 8.53. The highest BCUT2D eigenvalue weighted by Crippen LogP contribution is 2.43. The van der Waals surface area contributed by atoms with Crippen molar-refractivity contribution in [2.45, 2.75) is 96.7 Å². The lowest BCUT2D eigenvalue weighted by molar-refractivity contribution is -0.161. The van der Waals surface area contributed by atoms with Crippen LogP contribution in [0.4, 0.5) is 16.2 Å². The van der Waals surface area contributed by atoms with Crippen LogP contribution in [0.3, 0.4) is 0 Å². The molecule has 1 unspecified atom stereocenters. The summed E-state index contributed by atoms with van der Waals surface area (Å²) in [4.78, 5) is 58.4. The number of carbonyl (C=O) groups excluding carboxylic acids is 4. The molecule has 12 nitrogen and oxygen atoms in total. The summed E-state index contributed by atoms with van der Waals surface area (Å²) in [6, 6.07) is 5.42. The average Bonchev–Trinajstić information content (AvgIpc) is 3.83. The minimum atomic E-state index is -1.07. The maximum Gasteiger partial charge on any atom is 0.410 e. The second-order valence-electron chi connectivity index (χ2n) is 13.9. The number of amides is 3. The molecule has 0 spiro atoms. The Morgan fingerprint density at radius 2 is 1.80 bits per heavy atom. The SMILES string of the molecule is COC(=O)[C@H]1C[C@@H](C(=O)N(c2ccc3c(c2)N(CCOC2CCCCO2)C(=O)C(C)(C)O3)C2CC2)CN(C(=O)OC(C)(C)C)C1. The van der Waals surface area contributed by atoms with Crippen LogP contribution in [0.5, 0.6) is 5.75 Å². The number of hydrogen-bond acceptors (Lipinski definition) is 9. The number of methoxy groups -OCH3 is 1. The normalized spacial score (nSPS) is 24.8. The highest BCUT2D eigenvalue weighted by molar-refractivity contribution is 6.04. The Morgan fingerprint density at radius 1 is 1.07 bits per heavy atom. The first kappa shape index (κ1) is 33.0. The predicted octanol–water partition coefficient (Wildman–Crippen LogP) is 4.28. The summed E-state index contributed by atoms with van der Waals surface area (Å²) >= 11 is 0. The highest BCUT2D eigenvalue weighted by Gasteiger charge is 2.45. The molecular formula is C33H47N3O9. The van der Waals surface area contributed by atoms with E-state index in [0.717, 1.165) is 32.1 Å². The van der Waals surface area contributed by atoms with Crippen LogP contribution < -0.4 is 14.5 Å². The van der Waals surface area contributed by atoms with Crippen LogP contribution in [0.25, 0.3) is 0 Å². The molecule has 5 rings (SSSR count). The van der Waals surface area contributed by atoms with E-state index in [-0.39, 0.29) is 43.7 Å². The number of ether oxygens (including phenoxy) is 5. The Bertz CT molecular complexity index is 1280. The average molecular weight is 630 g/mol. The van der Waals surface area contributed by atoms with Gasteiger partial charge in [-0.3, -0.25) is 14.4 Å². The molecule has 3 fully saturated rings. The van der Waals surface area contributed by atoms with Crippen molar-refractivity contribution in [2.75, 3.05) is 49.8 Å². The molecule has 45 heavy (non-hydrogen) atoms. The first-order valence-electron chi connectivity index (χ1n) is 16.0. The van der Waals surface area contributed by atoms with Crippen LogP contribution in [0.1, 0.15) is 73.1 Å². The van der Waals surface area contributed by atoms with Crippen molar-refractivity contribution in [3.8, 4) is 5.75 Å². The van der Waals surface area contributed by atoms with E-state index in [2.05, 4.69) is 0 Å². The van der Waals surface area contributed by atoms with Crippen LogP contribution in [0.2, 0.25) is 0 Å². The zero-order chi connectivity index (χ0) is 32.5. The summed E-state index contributed by atoms with van der Waals surface area (Å²) in [5.74, 6) is -1.63. The molecule has 1 saturated carbocycles. The van der Waals surface area contributed by atoms with E-state index in [1.165, 1.54) is 12.0 Å². The van der Waals surface area contributed by atoms with Gasteiger partial charge < -0.3 is 38.4 Å². The van der Waals surface area contributed by atoms with E-state index in [0.29, 0.717) is 36.9 Å². The summed E-state index contributed by atoms with van der Waals surface area (Å²) < 4.78 is 28.4. The minimum absolute atomic E-state index is 0.0269. The third-order valence-electron chi connectivity index (χ3n) is 8.53. The molecule has 2 saturated heterocycles. The summed E-state index contributed by atoms with van der Waals surface area (Å²) in [6.45, 7) is 10.3. The number of likely N-dealkylation sites (tertiary alicyclic amines) is 1. The number of nitrogens with zero attached hydrogens (tertiary/aromatic N) is 3. The summed E-state index contributed by atoms with van der Waals surface area (Å²) in [5, 5.41) is 0. The highest BCUT2D eigenvalue weighted by atomic mass is 16.7. The molecule has 1 aliphatic carbocycles. The van der Waals surface area contributed by atoms with Gasteiger partial charge in [-0.25, -0.2) is 4.79 Å². The lowest BCUT2D eigenvalue weighted by Gasteiger charge is -2.40. The maximum atomic E-state index is 14.3. The monoisotopic (exact) mass is 629 g/mol. The lowest BCUT2D eigenvalue weighted by Crippen LogP contribution is -2.54. The zero-order valence-electron chi connectivity index (χ0n) is 27.3. The fourth-order valence-electron chi connectivity index (χ4n) is 6.18. The van der Waals surface area contributed by atoms with Gasteiger partial charge in [-0.15, -0.1) is 0 Å². The Balaban J connectivity index is 1.39. The number of carbonyl (C=O) groups is 4. The third kappa shape index (κ3) is 7.71. The summed E-state index contributed by atoms with van der Waals surface area (Å²) in [6.07, 6.45) is 3.94. The van der Waals surface area contributed by atoms with Crippen molar-refractivity contribution in [1.82, 2.24) is 4.90 Å². The van der Waals surface area contributed by atoms with Gasteiger partial charge in [0.2, 0.25) is 5.91 Å². The van der Waals surface area contributed by atoms with Gasteiger partial charge in [-0.2, -0.15) is 0 Å². The molecule has 0 radical (unpaired) electrons. The van der Waals surface area contributed by atoms with E-state index in [4.69, 9.17) is 23.7 Å². The number of piperidine rings is 1. The van der Waals surface area contributed by atoms with Crippen molar-refractivity contribution in [3.05, 3.63) is 18.2 Å². The van der Waals surface area contributed by atoms with Gasteiger partial charge in [0.15, 0.2) is 11.9 Å². The van der Waals surface area contributed by atoms with Gasteiger partial charge in [-0.05, 0) is 91.3 Å². The molecule has 4 aliphatic rings. The second kappa shape index (κ2) is 13.2. The molecule has 248 valence electrons. The van der Waals surface area contributed by atoms with Crippen LogP contribution in [-0.2, 0) is 33.3 Å². The zero-order valence-corrected chi connectivity index (χ0v) is 27.3. The van der Waals surface area contributed by atoms with Gasteiger partial charge in [0.1, 0.15) is 11.4 Å². The van der Waals surface area contributed by atoms with Crippen molar-refractivity contribution >= 4 is 35.3 Å². The Kier molecular flexibility index (Phi) is 9.65. The predicted molar refractivity (Wildman–Crippen MR) is 165 cm³/mol. The lowest BCUT2D eigenvalue weighted by atomic mass is 9.88. The van der Waals surface area contributed by atoms with Gasteiger partial charge in [0, 0.05) is 38.0 Å². The van der Waals surface area contributed by atoms with E-state index >= 15 is 0 Å². The number of hydrogen-bond donors (Lipinski definition) is 0. The maximum absolute atomic E-state index is 14.3. The van der Waals surface area contributed by atoms with Crippen LogP contribution in [-0.4, -0.2) is 92.3 Å². The van der Waals surface area contributed by atoms with Crippen molar-refractivity contribution in [2.24, 2.45) is 11.8 Å². The molecular weight excluding hydrogens is 582 g/mol. The Hall–Kier alpha value is -3.38. The van der Waals surface area contributed by atoms with Crippen molar-refractivity contribution < 1.29 is 42.9 Å². The first-order valence-corrected chi connectivity index (χ1v) is 16.0. The second-order valence-corrected chi connectivity index (χ2v) is 13.9. The number of anilines is 2. The van der Waals surface area contributed by atoms with Crippen LogP contribution >= 0.6 is 0 Å². The van der Waals surface area contributed by atoms with E-state index in [9.17, 15) is 19.2 Å². The standard InChI is InChI=1S/C33H47N3O9/c1-32(2,3)45-31(40)34-19-21(17-22(20-34)29(38)41-6)28(37)36(23-10-11-23)24-12-13-26-25(18-24)35(30(39)33(4,5)44-26)14-16-43-27-9-7-8-15-42-27/h12-13,18,21-23,27H,7-11,14-17,19-20H2,1-6H3/t21-,22+,27?/m1/s1. The number of benzene rings is 1. The van der Waals surface area contributed by atoms with E-state index < -0.39 is 35.1 Å². The van der Waals surface area contributed by atoms with E-state index in [1.54, 1.807) is 50.5 Å². The molecule has 1 aromatic carbocycles. The van der Waals surface area contributed by atoms with Gasteiger partial charge in [0.25, 0.3) is 5.91 Å². The fourth-order valence-corrected chi connectivity index (χ4v) is 6.18. The van der Waals surface area contributed by atoms with Crippen molar-refractivity contribution in [1.29, 1.82) is 0 Å². The quantitative estimate of drug-likeness (QED) is 0.388.